The minimum atomic E-state index is -0.180. The third-order valence-electron chi connectivity index (χ3n) is 3.13. The maximum atomic E-state index is 9.75. The Labute approximate surface area is 62.4 Å². The molecule has 0 spiro atoms. The first kappa shape index (κ1) is 6.66. The largest absolute Gasteiger partial charge is 0.390 e. The van der Waals surface area contributed by atoms with Crippen LogP contribution in [0.5, 0.6) is 0 Å². The Morgan fingerprint density at radius 3 is 2.10 bits per heavy atom. The lowest BCUT2D eigenvalue weighted by Gasteiger charge is -2.26. The summed E-state index contributed by atoms with van der Waals surface area (Å²) < 4.78 is 0. The standard InChI is InChI=1S/C9H16O/c10-9(6-7-9)8-4-2-1-3-5-8/h8,10H,1-7H2. The smallest absolute Gasteiger partial charge is 0.0678 e. The van der Waals surface area contributed by atoms with Gasteiger partial charge in [0.15, 0.2) is 0 Å². The molecule has 0 aromatic rings. The quantitative estimate of drug-likeness (QED) is 0.591. The van der Waals surface area contributed by atoms with E-state index in [1.807, 2.05) is 0 Å². The molecular formula is C9H16O. The Hall–Kier alpha value is -0.0400. The summed E-state index contributed by atoms with van der Waals surface area (Å²) in [6.45, 7) is 0. The summed E-state index contributed by atoms with van der Waals surface area (Å²) >= 11 is 0. The number of hydrogen-bond donors (Lipinski definition) is 1. The zero-order valence-electron chi connectivity index (χ0n) is 6.47. The fraction of sp³-hybridized carbons (Fsp3) is 1.00. The second-order valence-electron chi connectivity index (χ2n) is 3.94. The molecule has 0 aliphatic heterocycles. The predicted molar refractivity (Wildman–Crippen MR) is 40.8 cm³/mol. The van der Waals surface area contributed by atoms with E-state index in [0.29, 0.717) is 5.92 Å². The lowest BCUT2D eigenvalue weighted by molar-refractivity contribution is 0.0608. The van der Waals surface area contributed by atoms with E-state index >= 15 is 0 Å². The van der Waals surface area contributed by atoms with Crippen LogP contribution in [-0.4, -0.2) is 10.7 Å². The molecule has 2 rings (SSSR count). The second-order valence-corrected chi connectivity index (χ2v) is 3.94. The third kappa shape index (κ3) is 1.07. The molecule has 10 heavy (non-hydrogen) atoms. The normalized spacial score (nSPS) is 32.1. The Bertz CT molecular complexity index is 121. The van der Waals surface area contributed by atoms with E-state index in [2.05, 4.69) is 0 Å². The molecule has 2 fully saturated rings. The maximum Gasteiger partial charge on any atom is 0.0678 e. The summed E-state index contributed by atoms with van der Waals surface area (Å²) in [5.41, 5.74) is -0.180. The highest BCUT2D eigenvalue weighted by Crippen LogP contribution is 2.47. The fourth-order valence-corrected chi connectivity index (χ4v) is 2.18. The molecule has 1 heteroatoms. The average Bonchev–Trinajstić information content (AvgIpc) is 2.72. The van der Waals surface area contributed by atoms with Crippen molar-refractivity contribution < 1.29 is 5.11 Å². The van der Waals surface area contributed by atoms with Crippen LogP contribution in [-0.2, 0) is 0 Å². The van der Waals surface area contributed by atoms with E-state index in [4.69, 9.17) is 0 Å². The van der Waals surface area contributed by atoms with E-state index in [-0.39, 0.29) is 5.60 Å². The molecule has 0 heterocycles. The molecule has 0 aromatic heterocycles. The van der Waals surface area contributed by atoms with E-state index in [1.165, 1.54) is 32.1 Å². The van der Waals surface area contributed by atoms with Crippen molar-refractivity contribution in [3.63, 3.8) is 0 Å². The molecule has 0 saturated heterocycles. The molecule has 0 aromatic carbocycles. The first-order valence-corrected chi connectivity index (χ1v) is 4.54. The minimum Gasteiger partial charge on any atom is -0.390 e. The first-order chi connectivity index (χ1) is 4.81. The van der Waals surface area contributed by atoms with Crippen LogP contribution in [0.2, 0.25) is 0 Å². The molecule has 2 aliphatic carbocycles. The van der Waals surface area contributed by atoms with Crippen molar-refractivity contribution in [3.05, 3.63) is 0 Å². The van der Waals surface area contributed by atoms with Crippen LogP contribution < -0.4 is 0 Å². The van der Waals surface area contributed by atoms with Gasteiger partial charge in [-0.05, 0) is 31.6 Å². The molecule has 58 valence electrons. The van der Waals surface area contributed by atoms with Gasteiger partial charge in [0.1, 0.15) is 0 Å². The molecule has 1 N–H and O–H groups in total. The van der Waals surface area contributed by atoms with Crippen LogP contribution in [0.3, 0.4) is 0 Å². The summed E-state index contributed by atoms with van der Waals surface area (Å²) in [5.74, 6) is 0.668. The van der Waals surface area contributed by atoms with Crippen molar-refractivity contribution in [1.29, 1.82) is 0 Å². The second kappa shape index (κ2) is 2.23. The van der Waals surface area contributed by atoms with Crippen molar-refractivity contribution in [2.75, 3.05) is 0 Å². The topological polar surface area (TPSA) is 20.2 Å². The Morgan fingerprint density at radius 1 is 1.00 bits per heavy atom. The van der Waals surface area contributed by atoms with E-state index in [1.54, 1.807) is 0 Å². The van der Waals surface area contributed by atoms with Gasteiger partial charge in [0, 0.05) is 0 Å². The molecule has 1 nitrogen and oxygen atoms in total. The number of hydrogen-bond acceptors (Lipinski definition) is 1. The van der Waals surface area contributed by atoms with Crippen LogP contribution in [0.1, 0.15) is 44.9 Å². The monoisotopic (exact) mass is 140 g/mol. The van der Waals surface area contributed by atoms with Gasteiger partial charge in [0.25, 0.3) is 0 Å². The summed E-state index contributed by atoms with van der Waals surface area (Å²) in [6, 6.07) is 0. The van der Waals surface area contributed by atoms with Crippen LogP contribution in [0, 0.1) is 5.92 Å². The Morgan fingerprint density at radius 2 is 1.60 bits per heavy atom. The van der Waals surface area contributed by atoms with Gasteiger partial charge < -0.3 is 5.11 Å². The van der Waals surface area contributed by atoms with E-state index < -0.39 is 0 Å². The van der Waals surface area contributed by atoms with Crippen LogP contribution >= 0.6 is 0 Å². The average molecular weight is 140 g/mol. The first-order valence-electron chi connectivity index (χ1n) is 4.54. The van der Waals surface area contributed by atoms with Crippen molar-refractivity contribution in [2.24, 2.45) is 5.92 Å². The van der Waals surface area contributed by atoms with Gasteiger partial charge in [-0.15, -0.1) is 0 Å². The lowest BCUT2D eigenvalue weighted by Crippen LogP contribution is -2.23. The van der Waals surface area contributed by atoms with Gasteiger partial charge in [-0.1, -0.05) is 19.3 Å². The summed E-state index contributed by atoms with van der Waals surface area (Å²) in [4.78, 5) is 0. The zero-order valence-corrected chi connectivity index (χ0v) is 6.47. The lowest BCUT2D eigenvalue weighted by atomic mass is 9.84. The predicted octanol–water partition coefficient (Wildman–Crippen LogP) is 2.09. The maximum absolute atomic E-state index is 9.75. The van der Waals surface area contributed by atoms with Crippen molar-refractivity contribution >= 4 is 0 Å². The highest BCUT2D eigenvalue weighted by Gasteiger charge is 2.47. The van der Waals surface area contributed by atoms with E-state index in [0.717, 1.165) is 12.8 Å². The zero-order chi connectivity index (χ0) is 7.03. The van der Waals surface area contributed by atoms with Crippen LogP contribution in [0.15, 0.2) is 0 Å². The van der Waals surface area contributed by atoms with Gasteiger partial charge in [0.2, 0.25) is 0 Å². The van der Waals surface area contributed by atoms with Gasteiger partial charge >= 0.3 is 0 Å². The van der Waals surface area contributed by atoms with Crippen LogP contribution in [0.4, 0.5) is 0 Å². The Balaban J connectivity index is 1.91. The van der Waals surface area contributed by atoms with Gasteiger partial charge in [-0.3, -0.25) is 0 Å². The molecule has 0 radical (unpaired) electrons. The fourth-order valence-electron chi connectivity index (χ4n) is 2.18. The third-order valence-corrected chi connectivity index (χ3v) is 3.13. The summed E-state index contributed by atoms with van der Waals surface area (Å²) in [5, 5.41) is 9.75. The summed E-state index contributed by atoms with van der Waals surface area (Å²) in [7, 11) is 0. The highest BCUT2D eigenvalue weighted by molar-refractivity contribution is 4.99. The van der Waals surface area contributed by atoms with Gasteiger partial charge in [0.05, 0.1) is 5.60 Å². The van der Waals surface area contributed by atoms with Crippen LogP contribution in [0.25, 0.3) is 0 Å². The molecule has 0 amide bonds. The van der Waals surface area contributed by atoms with Gasteiger partial charge in [-0.2, -0.15) is 0 Å². The highest BCUT2D eigenvalue weighted by atomic mass is 16.3. The number of rotatable bonds is 1. The van der Waals surface area contributed by atoms with Crippen molar-refractivity contribution in [3.8, 4) is 0 Å². The molecule has 0 unspecified atom stereocenters. The molecule has 0 atom stereocenters. The minimum absolute atomic E-state index is 0.180. The molecule has 2 saturated carbocycles. The van der Waals surface area contributed by atoms with Crippen molar-refractivity contribution in [1.82, 2.24) is 0 Å². The number of aliphatic hydroxyl groups is 1. The SMILES string of the molecule is OC1(C2CCCCC2)CC1. The van der Waals surface area contributed by atoms with E-state index in [9.17, 15) is 5.11 Å². The van der Waals surface area contributed by atoms with Gasteiger partial charge in [-0.25, -0.2) is 0 Å². The summed E-state index contributed by atoms with van der Waals surface area (Å²) in [6.07, 6.45) is 8.84. The Kier molecular flexibility index (Phi) is 1.48. The molecule has 2 aliphatic rings. The molecular weight excluding hydrogens is 124 g/mol. The van der Waals surface area contributed by atoms with Crippen molar-refractivity contribution in [2.45, 2.75) is 50.5 Å². The molecule has 0 bridgehead atoms.